The van der Waals surface area contributed by atoms with Crippen LogP contribution in [0.15, 0.2) is 18.2 Å². The molecule has 0 amide bonds. The van der Waals surface area contributed by atoms with Crippen molar-refractivity contribution in [2.45, 2.75) is 32.8 Å². The second kappa shape index (κ2) is 4.16. The van der Waals surface area contributed by atoms with Crippen LogP contribution in [-0.4, -0.2) is 17.2 Å². The molecule has 1 N–H and O–H groups in total. The van der Waals surface area contributed by atoms with Crippen LogP contribution in [0.1, 0.15) is 24.0 Å². The highest BCUT2D eigenvalue weighted by atomic mass is 16.5. The quantitative estimate of drug-likeness (QED) is 0.848. The molecule has 86 valence electrons. The highest BCUT2D eigenvalue weighted by molar-refractivity contribution is 5.73. The lowest BCUT2D eigenvalue weighted by Crippen LogP contribution is -2.29. The number of carbonyl (C=O) groups is 1. The Morgan fingerprint density at radius 2 is 2.12 bits per heavy atom. The molecule has 0 bridgehead atoms. The van der Waals surface area contributed by atoms with Crippen molar-refractivity contribution in [1.82, 2.24) is 0 Å². The molecule has 1 aromatic rings. The molecule has 0 radical (unpaired) electrons. The maximum absolute atomic E-state index is 11.1. The van der Waals surface area contributed by atoms with Crippen LogP contribution >= 0.6 is 0 Å². The van der Waals surface area contributed by atoms with Gasteiger partial charge in [-0.05, 0) is 43.9 Å². The molecule has 0 heterocycles. The van der Waals surface area contributed by atoms with Crippen molar-refractivity contribution in [1.29, 1.82) is 0 Å². The zero-order valence-electron chi connectivity index (χ0n) is 9.56. The largest absolute Gasteiger partial charge is 0.478 e. The lowest BCUT2D eigenvalue weighted by Gasteiger charge is -2.16. The Balaban J connectivity index is 2.17. The third-order valence-corrected chi connectivity index (χ3v) is 2.89. The molecule has 0 aliphatic heterocycles. The first-order valence-corrected chi connectivity index (χ1v) is 5.54. The van der Waals surface area contributed by atoms with Gasteiger partial charge in [0.15, 0.2) is 6.10 Å². The van der Waals surface area contributed by atoms with Gasteiger partial charge in [0.05, 0.1) is 0 Å². The van der Waals surface area contributed by atoms with E-state index in [4.69, 9.17) is 9.84 Å². The molecule has 16 heavy (non-hydrogen) atoms. The fraction of sp³-hybridized carbons (Fsp3) is 0.462. The van der Waals surface area contributed by atoms with Crippen molar-refractivity contribution < 1.29 is 14.6 Å². The van der Waals surface area contributed by atoms with E-state index < -0.39 is 12.1 Å². The monoisotopic (exact) mass is 220 g/mol. The number of carboxylic acids is 1. The highest BCUT2D eigenvalue weighted by Gasteiger charge is 2.38. The average Bonchev–Trinajstić information content (AvgIpc) is 3.02. The molecule has 2 rings (SSSR count). The van der Waals surface area contributed by atoms with Crippen LogP contribution in [0, 0.1) is 19.8 Å². The molecule has 1 atom stereocenters. The van der Waals surface area contributed by atoms with E-state index in [1.807, 2.05) is 32.0 Å². The van der Waals surface area contributed by atoms with Crippen LogP contribution in [0.4, 0.5) is 0 Å². The fourth-order valence-electron chi connectivity index (χ4n) is 1.72. The molecular weight excluding hydrogens is 204 g/mol. The summed E-state index contributed by atoms with van der Waals surface area (Å²) in [4.78, 5) is 11.1. The Bertz CT molecular complexity index is 408. The van der Waals surface area contributed by atoms with Gasteiger partial charge in [-0.15, -0.1) is 0 Å². The van der Waals surface area contributed by atoms with Gasteiger partial charge >= 0.3 is 5.97 Å². The van der Waals surface area contributed by atoms with Gasteiger partial charge in [0, 0.05) is 5.92 Å². The van der Waals surface area contributed by atoms with Crippen molar-refractivity contribution in [3.05, 3.63) is 29.3 Å². The zero-order chi connectivity index (χ0) is 11.7. The molecule has 1 aliphatic carbocycles. The van der Waals surface area contributed by atoms with Gasteiger partial charge in [-0.1, -0.05) is 12.1 Å². The van der Waals surface area contributed by atoms with Crippen LogP contribution in [0.25, 0.3) is 0 Å². The predicted octanol–water partition coefficient (Wildman–Crippen LogP) is 2.55. The molecule has 1 unspecified atom stereocenters. The predicted molar refractivity (Wildman–Crippen MR) is 60.7 cm³/mol. The molecule has 0 spiro atoms. The fourth-order valence-corrected chi connectivity index (χ4v) is 1.72. The number of carboxylic acid groups (broad SMARTS) is 1. The van der Waals surface area contributed by atoms with Crippen molar-refractivity contribution >= 4 is 5.97 Å². The third-order valence-electron chi connectivity index (χ3n) is 2.89. The van der Waals surface area contributed by atoms with Gasteiger partial charge in [0.25, 0.3) is 0 Å². The summed E-state index contributed by atoms with van der Waals surface area (Å²) in [5, 5.41) is 9.08. The molecule has 1 aromatic carbocycles. The molecule has 0 aromatic heterocycles. The SMILES string of the molecule is Cc1ccc(C)c(OC(C(=O)O)C2CC2)c1. The minimum Gasteiger partial charge on any atom is -0.478 e. The summed E-state index contributed by atoms with van der Waals surface area (Å²) >= 11 is 0. The van der Waals surface area contributed by atoms with Gasteiger partial charge < -0.3 is 9.84 Å². The van der Waals surface area contributed by atoms with Crippen LogP contribution < -0.4 is 4.74 Å². The maximum Gasteiger partial charge on any atom is 0.345 e. The van der Waals surface area contributed by atoms with Gasteiger partial charge in [0.2, 0.25) is 0 Å². The number of benzene rings is 1. The summed E-state index contributed by atoms with van der Waals surface area (Å²) in [6, 6.07) is 5.85. The van der Waals surface area contributed by atoms with Gasteiger partial charge in [-0.2, -0.15) is 0 Å². The Labute approximate surface area is 95.0 Å². The number of rotatable bonds is 4. The third kappa shape index (κ3) is 2.35. The average molecular weight is 220 g/mol. The van der Waals surface area contributed by atoms with Crippen LogP contribution in [-0.2, 0) is 4.79 Å². The van der Waals surface area contributed by atoms with Gasteiger partial charge in [0.1, 0.15) is 5.75 Å². The number of aryl methyl sites for hydroxylation is 2. The second-order valence-electron chi connectivity index (χ2n) is 4.48. The summed E-state index contributed by atoms with van der Waals surface area (Å²) in [7, 11) is 0. The van der Waals surface area contributed by atoms with E-state index in [-0.39, 0.29) is 5.92 Å². The molecule has 1 saturated carbocycles. The van der Waals surface area contributed by atoms with Gasteiger partial charge in [-0.3, -0.25) is 0 Å². The summed E-state index contributed by atoms with van der Waals surface area (Å²) in [5.41, 5.74) is 2.07. The summed E-state index contributed by atoms with van der Waals surface area (Å²) in [6.07, 6.45) is 1.24. The Morgan fingerprint density at radius 3 is 2.69 bits per heavy atom. The standard InChI is InChI=1S/C13H16O3/c1-8-3-4-9(2)11(7-8)16-12(13(14)15)10-5-6-10/h3-4,7,10,12H,5-6H2,1-2H3,(H,14,15). The second-order valence-corrected chi connectivity index (χ2v) is 4.48. The maximum atomic E-state index is 11.1. The summed E-state index contributed by atoms with van der Waals surface area (Å²) in [6.45, 7) is 3.90. The molecular formula is C13H16O3. The number of hydrogen-bond donors (Lipinski definition) is 1. The van der Waals surface area contributed by atoms with E-state index in [9.17, 15) is 4.79 Å². The zero-order valence-corrected chi connectivity index (χ0v) is 9.56. The topological polar surface area (TPSA) is 46.5 Å². The Kier molecular flexibility index (Phi) is 2.86. The first-order chi connectivity index (χ1) is 7.58. The molecule has 0 saturated heterocycles. The molecule has 1 fully saturated rings. The molecule has 3 nitrogen and oxygen atoms in total. The molecule has 1 aliphatic rings. The highest BCUT2D eigenvalue weighted by Crippen LogP contribution is 2.35. The summed E-state index contributed by atoms with van der Waals surface area (Å²) < 4.78 is 5.61. The Morgan fingerprint density at radius 1 is 1.44 bits per heavy atom. The number of aliphatic carboxylic acids is 1. The summed E-state index contributed by atoms with van der Waals surface area (Å²) in [5.74, 6) is 0.0279. The van der Waals surface area contributed by atoms with E-state index in [2.05, 4.69) is 0 Å². The number of ether oxygens (including phenoxy) is 1. The lowest BCUT2D eigenvalue weighted by atomic mass is 10.1. The minimum absolute atomic E-state index is 0.192. The van der Waals surface area contributed by atoms with Crippen molar-refractivity contribution in [3.8, 4) is 5.75 Å². The smallest absolute Gasteiger partial charge is 0.345 e. The van der Waals surface area contributed by atoms with Gasteiger partial charge in [-0.25, -0.2) is 4.79 Å². The van der Waals surface area contributed by atoms with E-state index in [0.29, 0.717) is 5.75 Å². The van der Waals surface area contributed by atoms with Crippen molar-refractivity contribution in [2.75, 3.05) is 0 Å². The first-order valence-electron chi connectivity index (χ1n) is 5.54. The van der Waals surface area contributed by atoms with Crippen molar-refractivity contribution in [2.24, 2.45) is 5.92 Å². The first kappa shape index (κ1) is 11.0. The van der Waals surface area contributed by atoms with Crippen molar-refractivity contribution in [3.63, 3.8) is 0 Å². The van der Waals surface area contributed by atoms with Crippen LogP contribution in [0.5, 0.6) is 5.75 Å². The minimum atomic E-state index is -0.858. The Hall–Kier alpha value is -1.51. The van der Waals surface area contributed by atoms with E-state index in [1.165, 1.54) is 0 Å². The van der Waals surface area contributed by atoms with Crippen LogP contribution in [0.2, 0.25) is 0 Å². The molecule has 3 heteroatoms. The lowest BCUT2D eigenvalue weighted by molar-refractivity contribution is -0.146. The van der Waals surface area contributed by atoms with Crippen LogP contribution in [0.3, 0.4) is 0 Å². The normalized spacial score (nSPS) is 16.9. The van der Waals surface area contributed by atoms with E-state index >= 15 is 0 Å². The van der Waals surface area contributed by atoms with E-state index in [0.717, 1.165) is 24.0 Å². The van der Waals surface area contributed by atoms with E-state index in [1.54, 1.807) is 0 Å². The number of hydrogen-bond acceptors (Lipinski definition) is 2.